The first-order chi connectivity index (χ1) is 10.0. The molecule has 21 heavy (non-hydrogen) atoms. The second-order valence-corrected chi connectivity index (χ2v) is 5.12. The van der Waals surface area contributed by atoms with Crippen LogP contribution in [0.4, 0.5) is 10.1 Å². The van der Waals surface area contributed by atoms with Crippen LogP contribution in [-0.2, 0) is 0 Å². The van der Waals surface area contributed by atoms with E-state index in [0.717, 1.165) is 22.2 Å². The van der Waals surface area contributed by atoms with Gasteiger partial charge >= 0.3 is 0 Å². The Morgan fingerprint density at radius 2 is 1.95 bits per heavy atom. The fourth-order valence-electron chi connectivity index (χ4n) is 2.30. The van der Waals surface area contributed by atoms with Crippen molar-refractivity contribution in [1.29, 1.82) is 0 Å². The number of aryl methyl sites for hydroxylation is 1. The third-order valence-electron chi connectivity index (χ3n) is 3.68. The van der Waals surface area contributed by atoms with Crippen LogP contribution >= 0.6 is 0 Å². The third kappa shape index (κ3) is 2.52. The van der Waals surface area contributed by atoms with Crippen LogP contribution in [0.5, 0.6) is 0 Å². The number of amides is 1. The van der Waals surface area contributed by atoms with Gasteiger partial charge < -0.3 is 10.3 Å². The molecule has 1 heterocycles. The number of aromatic amines is 1. The maximum absolute atomic E-state index is 13.2. The van der Waals surface area contributed by atoms with Crippen molar-refractivity contribution in [2.45, 2.75) is 13.8 Å². The number of rotatable bonds is 2. The quantitative estimate of drug-likeness (QED) is 0.727. The van der Waals surface area contributed by atoms with Gasteiger partial charge in [-0.05, 0) is 55.3 Å². The first-order valence-electron chi connectivity index (χ1n) is 6.70. The molecule has 0 fully saturated rings. The molecule has 3 rings (SSSR count). The van der Waals surface area contributed by atoms with Crippen molar-refractivity contribution in [1.82, 2.24) is 4.98 Å². The summed E-state index contributed by atoms with van der Waals surface area (Å²) >= 11 is 0. The van der Waals surface area contributed by atoms with E-state index in [4.69, 9.17) is 0 Å². The highest BCUT2D eigenvalue weighted by atomic mass is 19.1. The zero-order valence-electron chi connectivity index (χ0n) is 11.8. The molecule has 106 valence electrons. The molecule has 1 amide bonds. The Morgan fingerprint density at radius 1 is 1.14 bits per heavy atom. The molecule has 1 aromatic heterocycles. The van der Waals surface area contributed by atoms with Crippen molar-refractivity contribution in [3.8, 4) is 0 Å². The first-order valence-corrected chi connectivity index (χ1v) is 6.70. The first kappa shape index (κ1) is 13.4. The van der Waals surface area contributed by atoms with Crippen molar-refractivity contribution in [3.05, 3.63) is 65.1 Å². The van der Waals surface area contributed by atoms with Crippen LogP contribution in [0, 0.1) is 19.7 Å². The minimum atomic E-state index is -0.328. The van der Waals surface area contributed by atoms with E-state index < -0.39 is 0 Å². The number of carbonyl (C=O) groups excluding carboxylic acids is 1. The number of fused-ring (bicyclic) bond motifs is 1. The maximum atomic E-state index is 13.2. The lowest BCUT2D eigenvalue weighted by Gasteiger charge is -2.09. The average molecular weight is 282 g/mol. The summed E-state index contributed by atoms with van der Waals surface area (Å²) in [6.45, 7) is 3.96. The summed E-state index contributed by atoms with van der Waals surface area (Å²) in [6, 6.07) is 11.9. The molecule has 0 atom stereocenters. The second-order valence-electron chi connectivity index (χ2n) is 5.12. The zero-order valence-corrected chi connectivity index (χ0v) is 11.8. The van der Waals surface area contributed by atoms with E-state index in [9.17, 15) is 9.18 Å². The second kappa shape index (κ2) is 5.05. The third-order valence-corrected chi connectivity index (χ3v) is 3.68. The van der Waals surface area contributed by atoms with Crippen LogP contribution in [0.15, 0.2) is 42.5 Å². The van der Waals surface area contributed by atoms with Gasteiger partial charge in [0, 0.05) is 16.6 Å². The summed E-state index contributed by atoms with van der Waals surface area (Å²) in [6.07, 6.45) is 0. The van der Waals surface area contributed by atoms with Crippen molar-refractivity contribution >= 4 is 22.5 Å². The van der Waals surface area contributed by atoms with Crippen LogP contribution < -0.4 is 5.32 Å². The normalized spacial score (nSPS) is 10.8. The Morgan fingerprint density at radius 3 is 2.76 bits per heavy atom. The zero-order chi connectivity index (χ0) is 15.0. The summed E-state index contributed by atoms with van der Waals surface area (Å²) in [5.41, 5.74) is 3.96. The highest BCUT2D eigenvalue weighted by molar-refractivity contribution is 6.06. The number of benzene rings is 2. The lowest BCUT2D eigenvalue weighted by atomic mass is 10.1. The molecular weight excluding hydrogens is 267 g/mol. The Kier molecular flexibility index (Phi) is 3.22. The molecule has 2 N–H and O–H groups in total. The largest absolute Gasteiger partial charge is 0.350 e. The van der Waals surface area contributed by atoms with Gasteiger partial charge in [0.1, 0.15) is 11.5 Å². The number of hydrogen-bond acceptors (Lipinski definition) is 1. The molecule has 3 nitrogen and oxygen atoms in total. The highest BCUT2D eigenvalue weighted by Crippen LogP contribution is 2.21. The molecule has 0 saturated heterocycles. The number of halogens is 1. The van der Waals surface area contributed by atoms with Gasteiger partial charge in [0.15, 0.2) is 0 Å². The molecular formula is C17H15FN2O. The molecule has 0 bridgehead atoms. The molecule has 0 saturated carbocycles. The van der Waals surface area contributed by atoms with Gasteiger partial charge in [-0.25, -0.2) is 4.39 Å². The summed E-state index contributed by atoms with van der Waals surface area (Å²) < 4.78 is 13.2. The van der Waals surface area contributed by atoms with Crippen molar-refractivity contribution in [2.24, 2.45) is 0 Å². The topological polar surface area (TPSA) is 44.9 Å². The predicted molar refractivity (Wildman–Crippen MR) is 82.1 cm³/mol. The molecule has 2 aromatic carbocycles. The fraction of sp³-hybridized carbons (Fsp3) is 0.118. The van der Waals surface area contributed by atoms with E-state index in [2.05, 4.69) is 10.3 Å². The number of H-pyrrole nitrogens is 1. The summed E-state index contributed by atoms with van der Waals surface area (Å²) in [4.78, 5) is 15.2. The number of carbonyl (C=O) groups is 1. The molecule has 4 heteroatoms. The van der Waals surface area contributed by atoms with E-state index in [1.165, 1.54) is 12.1 Å². The van der Waals surface area contributed by atoms with Crippen LogP contribution in [0.3, 0.4) is 0 Å². The van der Waals surface area contributed by atoms with Crippen LogP contribution in [0.25, 0.3) is 10.9 Å². The minimum absolute atomic E-state index is 0.236. The number of hydrogen-bond donors (Lipinski definition) is 2. The van der Waals surface area contributed by atoms with Gasteiger partial charge in [0.25, 0.3) is 5.91 Å². The van der Waals surface area contributed by atoms with Gasteiger partial charge in [0.05, 0.1) is 0 Å². The number of aromatic nitrogens is 1. The van der Waals surface area contributed by atoms with Crippen LogP contribution in [0.1, 0.15) is 21.6 Å². The standard InChI is InChI=1S/C17H15FN2O/c1-10-4-3-5-14(11(10)2)20-17(21)16-8-12-6-7-13(18)9-15(12)19-16/h3-9,19H,1-2H3,(H,20,21). The van der Waals surface area contributed by atoms with E-state index >= 15 is 0 Å². The summed E-state index contributed by atoms with van der Waals surface area (Å²) in [5.74, 6) is -0.564. The van der Waals surface area contributed by atoms with E-state index in [1.807, 2.05) is 32.0 Å². The van der Waals surface area contributed by atoms with E-state index in [0.29, 0.717) is 11.2 Å². The maximum Gasteiger partial charge on any atom is 0.272 e. The Labute approximate surface area is 121 Å². The Hall–Kier alpha value is -2.62. The number of anilines is 1. The SMILES string of the molecule is Cc1cccc(NC(=O)c2cc3ccc(F)cc3[nH]2)c1C. The lowest BCUT2D eigenvalue weighted by Crippen LogP contribution is -2.13. The molecule has 0 aliphatic carbocycles. The molecule has 3 aromatic rings. The van der Waals surface area contributed by atoms with E-state index in [1.54, 1.807) is 12.1 Å². The van der Waals surface area contributed by atoms with Crippen molar-refractivity contribution in [2.75, 3.05) is 5.32 Å². The van der Waals surface area contributed by atoms with Gasteiger partial charge in [-0.3, -0.25) is 4.79 Å². The van der Waals surface area contributed by atoms with Crippen molar-refractivity contribution < 1.29 is 9.18 Å². The summed E-state index contributed by atoms with van der Waals surface area (Å²) in [7, 11) is 0. The van der Waals surface area contributed by atoms with Gasteiger partial charge in [-0.15, -0.1) is 0 Å². The molecule has 0 spiro atoms. The molecule has 0 aliphatic rings. The van der Waals surface area contributed by atoms with Crippen LogP contribution in [-0.4, -0.2) is 10.9 Å². The summed E-state index contributed by atoms with van der Waals surface area (Å²) in [5, 5.41) is 3.69. The predicted octanol–water partition coefficient (Wildman–Crippen LogP) is 4.18. The van der Waals surface area contributed by atoms with Crippen molar-refractivity contribution in [3.63, 3.8) is 0 Å². The van der Waals surface area contributed by atoms with Crippen LogP contribution in [0.2, 0.25) is 0 Å². The monoisotopic (exact) mass is 282 g/mol. The average Bonchev–Trinajstić information content (AvgIpc) is 2.87. The fourth-order valence-corrected chi connectivity index (χ4v) is 2.30. The Bertz CT molecular complexity index is 836. The van der Waals surface area contributed by atoms with Gasteiger partial charge in [-0.1, -0.05) is 12.1 Å². The van der Waals surface area contributed by atoms with E-state index in [-0.39, 0.29) is 11.7 Å². The lowest BCUT2D eigenvalue weighted by molar-refractivity contribution is 0.102. The Balaban J connectivity index is 1.91. The highest BCUT2D eigenvalue weighted by Gasteiger charge is 2.11. The van der Waals surface area contributed by atoms with Gasteiger partial charge in [-0.2, -0.15) is 0 Å². The number of nitrogens with one attached hydrogen (secondary N) is 2. The molecule has 0 aliphatic heterocycles. The van der Waals surface area contributed by atoms with Gasteiger partial charge in [0.2, 0.25) is 0 Å². The minimum Gasteiger partial charge on any atom is -0.350 e. The smallest absolute Gasteiger partial charge is 0.272 e. The molecule has 0 unspecified atom stereocenters. The molecule has 0 radical (unpaired) electrons.